The highest BCUT2D eigenvalue weighted by Gasteiger charge is 2.16. The summed E-state index contributed by atoms with van der Waals surface area (Å²) in [5, 5.41) is 3.08. The number of benzene rings is 1. The van der Waals surface area contributed by atoms with Gasteiger partial charge < -0.3 is 5.32 Å². The molecule has 0 saturated heterocycles. The molecule has 0 fully saturated rings. The van der Waals surface area contributed by atoms with Crippen LogP contribution in [0.3, 0.4) is 0 Å². The van der Waals surface area contributed by atoms with Gasteiger partial charge in [0.1, 0.15) is 5.82 Å². The van der Waals surface area contributed by atoms with Gasteiger partial charge in [-0.3, -0.25) is 0 Å². The second-order valence-corrected chi connectivity index (χ2v) is 6.75. The average Bonchev–Trinajstić information content (AvgIpc) is 2.37. The quantitative estimate of drug-likeness (QED) is 0.723. The first-order chi connectivity index (χ1) is 9.35. The molecule has 0 aromatic heterocycles. The van der Waals surface area contributed by atoms with Gasteiger partial charge in [-0.2, -0.15) is 0 Å². The Balaban J connectivity index is 2.59. The third-order valence-corrected chi connectivity index (χ3v) is 4.61. The van der Waals surface area contributed by atoms with Crippen LogP contribution >= 0.6 is 0 Å². The summed E-state index contributed by atoms with van der Waals surface area (Å²) < 4.78 is 39.8. The van der Waals surface area contributed by atoms with E-state index in [1.165, 1.54) is 6.07 Å². The highest BCUT2D eigenvalue weighted by Crippen LogP contribution is 2.17. The van der Waals surface area contributed by atoms with Crippen molar-refractivity contribution in [3.8, 4) is 0 Å². The Morgan fingerprint density at radius 2 is 2.05 bits per heavy atom. The number of halogens is 1. The molecule has 2 N–H and O–H groups in total. The van der Waals surface area contributed by atoms with Crippen LogP contribution in [-0.4, -0.2) is 27.3 Å². The molecule has 0 amide bonds. The van der Waals surface area contributed by atoms with Gasteiger partial charge in [-0.15, -0.1) is 0 Å². The van der Waals surface area contributed by atoms with Crippen LogP contribution < -0.4 is 10.0 Å². The maximum atomic E-state index is 13.5. The molecule has 0 aliphatic rings. The Morgan fingerprint density at radius 3 is 2.65 bits per heavy atom. The van der Waals surface area contributed by atoms with Crippen LogP contribution in [0.5, 0.6) is 0 Å². The zero-order valence-corrected chi connectivity index (χ0v) is 13.1. The second-order valence-electron chi connectivity index (χ2n) is 4.87. The van der Waals surface area contributed by atoms with Crippen molar-refractivity contribution >= 4 is 10.0 Å². The molecule has 114 valence electrons. The standard InChI is InChI=1S/C14H23FN2O2S/c1-4-16-8-5-9-20(18,19)17-12(3)13-7-6-11(2)14(15)10-13/h6-7,10,12,16-17H,4-5,8-9H2,1-3H3. The third-order valence-electron chi connectivity index (χ3n) is 3.07. The molecule has 0 radical (unpaired) electrons. The van der Waals surface area contributed by atoms with E-state index in [9.17, 15) is 12.8 Å². The molecule has 20 heavy (non-hydrogen) atoms. The van der Waals surface area contributed by atoms with Gasteiger partial charge in [0.2, 0.25) is 10.0 Å². The van der Waals surface area contributed by atoms with Crippen LogP contribution in [-0.2, 0) is 10.0 Å². The van der Waals surface area contributed by atoms with Gasteiger partial charge in [-0.25, -0.2) is 17.5 Å². The summed E-state index contributed by atoms with van der Waals surface area (Å²) in [7, 11) is -3.34. The Hall–Kier alpha value is -0.980. The minimum atomic E-state index is -3.34. The molecule has 1 unspecified atom stereocenters. The Bertz CT molecular complexity index is 532. The van der Waals surface area contributed by atoms with Gasteiger partial charge in [-0.05, 0) is 50.6 Å². The fraction of sp³-hybridized carbons (Fsp3) is 0.571. The predicted octanol–water partition coefficient (Wildman–Crippen LogP) is 2.11. The van der Waals surface area contributed by atoms with Gasteiger partial charge in [-0.1, -0.05) is 19.1 Å². The summed E-state index contributed by atoms with van der Waals surface area (Å²) in [4.78, 5) is 0. The number of aryl methyl sites for hydroxylation is 1. The van der Waals surface area contributed by atoms with Gasteiger partial charge >= 0.3 is 0 Å². The fourth-order valence-electron chi connectivity index (χ4n) is 1.84. The summed E-state index contributed by atoms with van der Waals surface area (Å²) in [5.41, 5.74) is 1.18. The van der Waals surface area contributed by atoms with Crippen molar-refractivity contribution in [1.82, 2.24) is 10.0 Å². The molecule has 0 aliphatic carbocycles. The van der Waals surface area contributed by atoms with Crippen LogP contribution in [0.1, 0.15) is 37.4 Å². The molecule has 0 spiro atoms. The lowest BCUT2D eigenvalue weighted by atomic mass is 10.1. The highest BCUT2D eigenvalue weighted by molar-refractivity contribution is 7.89. The molecule has 1 atom stereocenters. The Kier molecular flexibility index (Phi) is 6.58. The molecule has 0 aliphatic heterocycles. The number of sulfonamides is 1. The second kappa shape index (κ2) is 7.71. The SMILES string of the molecule is CCNCCCS(=O)(=O)NC(C)c1ccc(C)c(F)c1. The van der Waals surface area contributed by atoms with E-state index in [-0.39, 0.29) is 11.6 Å². The molecular weight excluding hydrogens is 279 g/mol. The van der Waals surface area contributed by atoms with E-state index in [4.69, 9.17) is 0 Å². The van der Waals surface area contributed by atoms with Crippen molar-refractivity contribution in [1.29, 1.82) is 0 Å². The van der Waals surface area contributed by atoms with E-state index in [1.54, 1.807) is 26.0 Å². The van der Waals surface area contributed by atoms with Crippen molar-refractivity contribution in [3.05, 3.63) is 35.1 Å². The van der Waals surface area contributed by atoms with Crippen LogP contribution in [0.25, 0.3) is 0 Å². The maximum Gasteiger partial charge on any atom is 0.212 e. The third kappa shape index (κ3) is 5.56. The zero-order valence-electron chi connectivity index (χ0n) is 12.2. The average molecular weight is 302 g/mol. The van der Waals surface area contributed by atoms with Crippen molar-refractivity contribution < 1.29 is 12.8 Å². The van der Waals surface area contributed by atoms with E-state index < -0.39 is 16.1 Å². The predicted molar refractivity (Wildman–Crippen MR) is 79.6 cm³/mol. The van der Waals surface area contributed by atoms with Crippen LogP contribution in [0.15, 0.2) is 18.2 Å². The maximum absolute atomic E-state index is 13.5. The first-order valence-corrected chi connectivity index (χ1v) is 8.47. The van der Waals surface area contributed by atoms with E-state index in [1.807, 2.05) is 6.92 Å². The molecule has 0 saturated carbocycles. The van der Waals surface area contributed by atoms with Crippen molar-refractivity contribution in [3.63, 3.8) is 0 Å². The first kappa shape index (κ1) is 17.1. The lowest BCUT2D eigenvalue weighted by Gasteiger charge is -2.15. The Morgan fingerprint density at radius 1 is 1.35 bits per heavy atom. The number of rotatable bonds is 8. The normalized spacial score (nSPS) is 13.4. The van der Waals surface area contributed by atoms with E-state index in [0.29, 0.717) is 24.1 Å². The number of hydrogen-bond donors (Lipinski definition) is 2. The minimum Gasteiger partial charge on any atom is -0.317 e. The van der Waals surface area contributed by atoms with Gasteiger partial charge in [0.25, 0.3) is 0 Å². The number of hydrogen-bond acceptors (Lipinski definition) is 3. The van der Waals surface area contributed by atoms with Crippen molar-refractivity contribution in [2.75, 3.05) is 18.8 Å². The summed E-state index contributed by atoms with van der Waals surface area (Å²) in [5.74, 6) is -0.251. The van der Waals surface area contributed by atoms with Crippen LogP contribution in [0, 0.1) is 12.7 Å². The molecule has 6 heteroatoms. The Labute approximate surface area is 120 Å². The smallest absolute Gasteiger partial charge is 0.212 e. The van der Waals surface area contributed by atoms with E-state index in [0.717, 1.165) is 6.54 Å². The summed E-state index contributed by atoms with van der Waals surface area (Å²) >= 11 is 0. The van der Waals surface area contributed by atoms with E-state index >= 15 is 0 Å². The highest BCUT2D eigenvalue weighted by atomic mass is 32.2. The molecule has 1 aromatic carbocycles. The summed E-state index contributed by atoms with van der Waals surface area (Å²) in [6, 6.07) is 4.33. The van der Waals surface area contributed by atoms with Crippen LogP contribution in [0.2, 0.25) is 0 Å². The largest absolute Gasteiger partial charge is 0.317 e. The van der Waals surface area contributed by atoms with Gasteiger partial charge in [0.15, 0.2) is 0 Å². The number of nitrogens with one attached hydrogen (secondary N) is 2. The fourth-order valence-corrected chi connectivity index (χ4v) is 3.16. The zero-order chi connectivity index (χ0) is 15.2. The van der Waals surface area contributed by atoms with Crippen LogP contribution in [0.4, 0.5) is 4.39 Å². The summed E-state index contributed by atoms with van der Waals surface area (Å²) in [6.45, 7) is 6.86. The van der Waals surface area contributed by atoms with Gasteiger partial charge in [0, 0.05) is 6.04 Å². The minimum absolute atomic E-state index is 0.0681. The molecule has 4 nitrogen and oxygen atoms in total. The van der Waals surface area contributed by atoms with Crippen molar-refractivity contribution in [2.45, 2.75) is 33.2 Å². The lowest BCUT2D eigenvalue weighted by molar-refractivity contribution is 0.559. The first-order valence-electron chi connectivity index (χ1n) is 6.82. The molecule has 1 aromatic rings. The van der Waals surface area contributed by atoms with E-state index in [2.05, 4.69) is 10.0 Å². The summed E-state index contributed by atoms with van der Waals surface area (Å²) in [6.07, 6.45) is 0.554. The van der Waals surface area contributed by atoms with Crippen molar-refractivity contribution in [2.24, 2.45) is 0 Å². The van der Waals surface area contributed by atoms with Gasteiger partial charge in [0.05, 0.1) is 5.75 Å². The molecular formula is C14H23FN2O2S. The molecule has 1 rings (SSSR count). The topological polar surface area (TPSA) is 58.2 Å². The monoisotopic (exact) mass is 302 g/mol. The molecule has 0 bridgehead atoms. The lowest BCUT2D eigenvalue weighted by Crippen LogP contribution is -2.30. The molecule has 0 heterocycles.